The van der Waals surface area contributed by atoms with Crippen molar-refractivity contribution in [1.29, 1.82) is 0 Å². The molecule has 1 aliphatic rings. The Hall–Kier alpha value is -2.38. The number of carbonyl (C=O) groups excluding carboxylic acids is 1. The van der Waals surface area contributed by atoms with Gasteiger partial charge in [-0.2, -0.15) is 5.10 Å². The monoisotopic (exact) mass is 477 g/mol. The summed E-state index contributed by atoms with van der Waals surface area (Å²) in [4.78, 5) is 13.0. The molecule has 1 atom stereocenters. The van der Waals surface area contributed by atoms with Gasteiger partial charge in [0.05, 0.1) is 30.5 Å². The van der Waals surface area contributed by atoms with Gasteiger partial charge in [-0.1, -0.05) is 39.7 Å². The van der Waals surface area contributed by atoms with Gasteiger partial charge in [-0.3, -0.25) is 4.79 Å². The van der Waals surface area contributed by atoms with Crippen LogP contribution in [0.1, 0.15) is 39.6 Å². The maximum Gasteiger partial charge on any atom is 0.256 e. The van der Waals surface area contributed by atoms with Crippen LogP contribution in [0, 0.1) is 12.7 Å². The number of amides is 1. The van der Waals surface area contributed by atoms with Gasteiger partial charge < -0.3 is 10.1 Å². The number of fused-ring (bicyclic) bond motifs is 1. The molecule has 29 heavy (non-hydrogen) atoms. The molecule has 150 valence electrons. The van der Waals surface area contributed by atoms with Crippen LogP contribution in [0.5, 0.6) is 5.75 Å². The Morgan fingerprint density at radius 2 is 2.10 bits per heavy atom. The van der Waals surface area contributed by atoms with Crippen molar-refractivity contribution in [3.63, 3.8) is 0 Å². The third-order valence-electron chi connectivity index (χ3n) is 4.85. The number of nitrogens with one attached hydrogen (secondary N) is 1. The van der Waals surface area contributed by atoms with Crippen molar-refractivity contribution in [2.75, 3.05) is 6.61 Å². The van der Waals surface area contributed by atoms with Crippen LogP contribution in [0.2, 0.25) is 5.15 Å². The number of hydrogen-bond acceptors (Lipinski definition) is 3. The van der Waals surface area contributed by atoms with Crippen LogP contribution in [-0.4, -0.2) is 22.3 Å². The zero-order valence-electron chi connectivity index (χ0n) is 15.6. The summed E-state index contributed by atoms with van der Waals surface area (Å²) in [5.41, 5.74) is 2.64. The zero-order valence-corrected chi connectivity index (χ0v) is 17.9. The average molecular weight is 479 g/mol. The summed E-state index contributed by atoms with van der Waals surface area (Å²) in [5, 5.41) is 7.71. The van der Waals surface area contributed by atoms with E-state index in [-0.39, 0.29) is 22.9 Å². The molecule has 3 aromatic rings. The molecule has 1 aromatic heterocycles. The quantitative estimate of drug-likeness (QED) is 0.571. The SMILES string of the molecule is Cc1nn(Cc2ccc(F)cc2)c(Cl)c1C(=O)NC1CCOc2ccc(Br)cc21. The number of benzene rings is 2. The van der Waals surface area contributed by atoms with Crippen LogP contribution >= 0.6 is 27.5 Å². The number of aromatic nitrogens is 2. The Labute approximate surface area is 180 Å². The average Bonchev–Trinajstić information content (AvgIpc) is 2.97. The zero-order chi connectivity index (χ0) is 20.5. The van der Waals surface area contributed by atoms with E-state index in [2.05, 4.69) is 26.3 Å². The van der Waals surface area contributed by atoms with Crippen molar-refractivity contribution in [3.8, 4) is 5.75 Å². The molecule has 0 radical (unpaired) electrons. The molecular formula is C21H18BrClFN3O2. The Kier molecular flexibility index (Phi) is 5.61. The number of rotatable bonds is 4. The summed E-state index contributed by atoms with van der Waals surface area (Å²) in [7, 11) is 0. The molecule has 4 rings (SSSR count). The lowest BCUT2D eigenvalue weighted by Crippen LogP contribution is -2.32. The lowest BCUT2D eigenvalue weighted by atomic mass is 10.00. The van der Waals surface area contributed by atoms with Gasteiger partial charge in [0.25, 0.3) is 5.91 Å². The number of halogens is 3. The van der Waals surface area contributed by atoms with Gasteiger partial charge in [0.15, 0.2) is 0 Å². The number of ether oxygens (including phenoxy) is 1. The molecule has 0 spiro atoms. The van der Waals surface area contributed by atoms with Gasteiger partial charge in [0, 0.05) is 16.5 Å². The molecule has 0 saturated heterocycles. The molecule has 1 unspecified atom stereocenters. The van der Waals surface area contributed by atoms with Crippen LogP contribution in [0.15, 0.2) is 46.9 Å². The fourth-order valence-electron chi connectivity index (χ4n) is 3.42. The van der Waals surface area contributed by atoms with Crippen molar-refractivity contribution in [2.45, 2.75) is 25.9 Å². The first-order chi connectivity index (χ1) is 13.9. The van der Waals surface area contributed by atoms with Crippen molar-refractivity contribution >= 4 is 33.4 Å². The van der Waals surface area contributed by atoms with E-state index < -0.39 is 0 Å². The fraction of sp³-hybridized carbons (Fsp3) is 0.238. The van der Waals surface area contributed by atoms with Crippen LogP contribution in [0.3, 0.4) is 0 Å². The molecular weight excluding hydrogens is 461 g/mol. The van der Waals surface area contributed by atoms with Crippen molar-refractivity contribution < 1.29 is 13.9 Å². The normalized spacial score (nSPS) is 15.5. The van der Waals surface area contributed by atoms with Gasteiger partial charge in [0.1, 0.15) is 16.7 Å². The van der Waals surface area contributed by atoms with Crippen LogP contribution in [-0.2, 0) is 6.54 Å². The van der Waals surface area contributed by atoms with E-state index >= 15 is 0 Å². The third kappa shape index (κ3) is 4.16. The highest BCUT2D eigenvalue weighted by Gasteiger charge is 2.27. The molecule has 8 heteroatoms. The summed E-state index contributed by atoms with van der Waals surface area (Å²) in [6, 6.07) is 11.7. The predicted molar refractivity (Wildman–Crippen MR) is 112 cm³/mol. The van der Waals surface area contributed by atoms with Crippen LogP contribution in [0.25, 0.3) is 0 Å². The van der Waals surface area contributed by atoms with E-state index in [1.54, 1.807) is 23.7 Å². The highest BCUT2D eigenvalue weighted by molar-refractivity contribution is 9.10. The third-order valence-corrected chi connectivity index (χ3v) is 5.73. The summed E-state index contributed by atoms with van der Waals surface area (Å²) >= 11 is 9.95. The molecule has 1 amide bonds. The highest BCUT2D eigenvalue weighted by Crippen LogP contribution is 2.34. The van der Waals surface area contributed by atoms with E-state index in [4.69, 9.17) is 16.3 Å². The molecule has 0 bridgehead atoms. The lowest BCUT2D eigenvalue weighted by Gasteiger charge is -2.27. The molecule has 1 aliphatic heterocycles. The minimum absolute atomic E-state index is 0.181. The van der Waals surface area contributed by atoms with E-state index in [0.717, 1.165) is 21.3 Å². The van der Waals surface area contributed by atoms with Crippen molar-refractivity contribution in [1.82, 2.24) is 15.1 Å². The Bertz CT molecular complexity index is 1070. The molecule has 2 aromatic carbocycles. The van der Waals surface area contributed by atoms with Gasteiger partial charge in [-0.25, -0.2) is 9.07 Å². The second-order valence-corrected chi connectivity index (χ2v) is 8.15. The van der Waals surface area contributed by atoms with Gasteiger partial charge in [-0.05, 0) is 42.8 Å². The first kappa shape index (κ1) is 19.9. The molecule has 2 heterocycles. The summed E-state index contributed by atoms with van der Waals surface area (Å²) in [6.07, 6.45) is 0.662. The Balaban J connectivity index is 1.56. The smallest absolute Gasteiger partial charge is 0.256 e. The molecule has 0 aliphatic carbocycles. The Morgan fingerprint density at radius 1 is 1.34 bits per heavy atom. The summed E-state index contributed by atoms with van der Waals surface area (Å²) in [6.45, 7) is 2.62. The maximum absolute atomic E-state index is 13.1. The molecule has 5 nitrogen and oxygen atoms in total. The fourth-order valence-corrected chi connectivity index (χ4v) is 4.12. The van der Waals surface area contributed by atoms with Crippen LogP contribution < -0.4 is 10.1 Å². The second-order valence-electron chi connectivity index (χ2n) is 6.88. The Morgan fingerprint density at radius 3 is 2.86 bits per heavy atom. The number of aryl methyl sites for hydroxylation is 1. The lowest BCUT2D eigenvalue weighted by molar-refractivity contribution is 0.0924. The van der Waals surface area contributed by atoms with Crippen LogP contribution in [0.4, 0.5) is 4.39 Å². The second kappa shape index (κ2) is 8.16. The topological polar surface area (TPSA) is 56.2 Å². The van der Waals surface area contributed by atoms with Crippen molar-refractivity contribution in [2.24, 2.45) is 0 Å². The summed E-state index contributed by atoms with van der Waals surface area (Å²) < 4.78 is 21.3. The molecule has 0 fully saturated rings. The van der Waals surface area contributed by atoms with E-state index in [1.165, 1.54) is 12.1 Å². The predicted octanol–water partition coefficient (Wildman–Crippen LogP) is 5.05. The number of nitrogens with zero attached hydrogens (tertiary/aromatic N) is 2. The molecule has 0 saturated carbocycles. The first-order valence-corrected chi connectivity index (χ1v) is 10.3. The van der Waals surface area contributed by atoms with E-state index in [9.17, 15) is 9.18 Å². The number of hydrogen-bond donors (Lipinski definition) is 1. The molecule has 1 N–H and O–H groups in total. The van der Waals surface area contributed by atoms with E-state index in [0.29, 0.717) is 30.8 Å². The minimum Gasteiger partial charge on any atom is -0.493 e. The highest BCUT2D eigenvalue weighted by atomic mass is 79.9. The summed E-state index contributed by atoms with van der Waals surface area (Å²) in [5.74, 6) is 0.176. The van der Waals surface area contributed by atoms with Gasteiger partial charge in [-0.15, -0.1) is 0 Å². The van der Waals surface area contributed by atoms with Gasteiger partial charge >= 0.3 is 0 Å². The van der Waals surface area contributed by atoms with E-state index in [1.807, 2.05) is 18.2 Å². The standard InChI is InChI=1S/C21H18BrClFN3O2/c1-12-19(20(23)27(26-12)11-13-2-5-15(24)6-3-13)21(28)25-17-8-9-29-18-7-4-14(22)10-16(17)18/h2-7,10,17H,8-9,11H2,1H3,(H,25,28). The maximum atomic E-state index is 13.1. The number of carbonyl (C=O) groups is 1. The largest absolute Gasteiger partial charge is 0.493 e. The first-order valence-electron chi connectivity index (χ1n) is 9.13. The van der Waals surface area contributed by atoms with Gasteiger partial charge in [0.2, 0.25) is 0 Å². The van der Waals surface area contributed by atoms with Crippen molar-refractivity contribution in [3.05, 3.63) is 80.3 Å². The minimum atomic E-state index is -0.306.